The molecule has 0 fully saturated rings. The Kier molecular flexibility index (Phi) is 7.48. The summed E-state index contributed by atoms with van der Waals surface area (Å²) in [5.74, 6) is -0.340. The highest BCUT2D eigenvalue weighted by Crippen LogP contribution is 2.20. The van der Waals surface area contributed by atoms with Gasteiger partial charge in [0, 0.05) is 11.4 Å². The zero-order chi connectivity index (χ0) is 14.1. The molecule has 0 aliphatic carbocycles. The minimum Gasteiger partial charge on any atom is -0.461 e. The molecule has 4 nitrogen and oxygen atoms in total. The van der Waals surface area contributed by atoms with Gasteiger partial charge in [-0.3, -0.25) is 0 Å². The van der Waals surface area contributed by atoms with Crippen LogP contribution in [-0.2, 0) is 4.74 Å². The van der Waals surface area contributed by atoms with Gasteiger partial charge in [0.05, 0.1) is 6.61 Å². The summed E-state index contributed by atoms with van der Waals surface area (Å²) in [7, 11) is 0. The largest absolute Gasteiger partial charge is 0.461 e. The molecule has 0 saturated heterocycles. The second-order valence-corrected chi connectivity index (χ2v) is 5.39. The molecule has 1 aromatic heterocycles. The number of unbranched alkanes of at least 4 members (excludes halogenated alkanes) is 1. The average Bonchev–Trinajstić information content (AvgIpc) is 2.85. The van der Waals surface area contributed by atoms with Crippen LogP contribution in [0.2, 0.25) is 0 Å². The van der Waals surface area contributed by atoms with E-state index in [9.17, 15) is 4.79 Å². The monoisotopic (exact) mass is 284 g/mol. The molecule has 0 amide bonds. The van der Waals surface area contributed by atoms with Crippen LogP contribution >= 0.6 is 11.3 Å². The number of ether oxygens (including phenoxy) is 1. The lowest BCUT2D eigenvalue weighted by Gasteiger charge is -2.16. The van der Waals surface area contributed by atoms with Crippen molar-refractivity contribution in [3.63, 3.8) is 0 Å². The molecule has 19 heavy (non-hydrogen) atoms. The first kappa shape index (κ1) is 16.0. The van der Waals surface area contributed by atoms with E-state index in [1.165, 1.54) is 24.2 Å². The van der Waals surface area contributed by atoms with Gasteiger partial charge >= 0.3 is 5.97 Å². The van der Waals surface area contributed by atoms with Gasteiger partial charge in [-0.2, -0.15) is 0 Å². The standard InChI is InChI=1S/C14H24N2O2S/c1-4-7-9-11(8-5-2)15-14-16-12(10-19-14)13(17)18-6-3/h10-11H,4-9H2,1-3H3,(H,15,16). The van der Waals surface area contributed by atoms with E-state index >= 15 is 0 Å². The Morgan fingerprint density at radius 1 is 1.37 bits per heavy atom. The molecule has 0 saturated carbocycles. The molecule has 0 spiro atoms. The molecule has 0 bridgehead atoms. The third-order valence-corrected chi connectivity index (χ3v) is 3.63. The smallest absolute Gasteiger partial charge is 0.357 e. The van der Waals surface area contributed by atoms with Gasteiger partial charge in [-0.25, -0.2) is 9.78 Å². The van der Waals surface area contributed by atoms with Gasteiger partial charge in [0.2, 0.25) is 0 Å². The topological polar surface area (TPSA) is 51.2 Å². The van der Waals surface area contributed by atoms with Crippen LogP contribution in [0.15, 0.2) is 5.38 Å². The summed E-state index contributed by atoms with van der Waals surface area (Å²) >= 11 is 1.47. The van der Waals surface area contributed by atoms with Crippen molar-refractivity contribution in [2.75, 3.05) is 11.9 Å². The summed E-state index contributed by atoms with van der Waals surface area (Å²) in [6.07, 6.45) is 5.85. The summed E-state index contributed by atoms with van der Waals surface area (Å²) < 4.78 is 4.94. The molecule has 0 aliphatic heterocycles. The Morgan fingerprint density at radius 2 is 2.16 bits per heavy atom. The van der Waals surface area contributed by atoms with Crippen LogP contribution in [0, 0.1) is 0 Å². The highest BCUT2D eigenvalue weighted by Gasteiger charge is 2.14. The fourth-order valence-corrected chi connectivity index (χ4v) is 2.66. The fourth-order valence-electron chi connectivity index (χ4n) is 1.90. The molecule has 0 aromatic carbocycles. The van der Waals surface area contributed by atoms with E-state index < -0.39 is 0 Å². The highest BCUT2D eigenvalue weighted by molar-refractivity contribution is 7.13. The van der Waals surface area contributed by atoms with E-state index in [2.05, 4.69) is 24.1 Å². The summed E-state index contributed by atoms with van der Waals surface area (Å²) in [5.41, 5.74) is 0.403. The van der Waals surface area contributed by atoms with Crippen LogP contribution in [0.3, 0.4) is 0 Å². The third-order valence-electron chi connectivity index (χ3n) is 2.86. The fraction of sp³-hybridized carbons (Fsp3) is 0.714. The van der Waals surface area contributed by atoms with Crippen LogP contribution in [0.5, 0.6) is 0 Å². The quantitative estimate of drug-likeness (QED) is 0.694. The number of esters is 1. The summed E-state index contributed by atoms with van der Waals surface area (Å²) in [4.78, 5) is 15.8. The number of rotatable bonds is 9. The first-order valence-corrected chi connectivity index (χ1v) is 7.98. The Morgan fingerprint density at radius 3 is 2.79 bits per heavy atom. The predicted molar refractivity (Wildman–Crippen MR) is 79.9 cm³/mol. The van der Waals surface area contributed by atoms with Crippen molar-refractivity contribution >= 4 is 22.4 Å². The molecular formula is C14H24N2O2S. The van der Waals surface area contributed by atoms with Gasteiger partial charge in [-0.15, -0.1) is 11.3 Å². The van der Waals surface area contributed by atoms with Crippen molar-refractivity contribution in [3.05, 3.63) is 11.1 Å². The number of carbonyl (C=O) groups excluding carboxylic acids is 1. The molecule has 1 heterocycles. The van der Waals surface area contributed by atoms with Crippen molar-refractivity contribution < 1.29 is 9.53 Å². The lowest BCUT2D eigenvalue weighted by molar-refractivity contribution is 0.0520. The Bertz CT molecular complexity index is 379. The molecule has 1 aromatic rings. The second kappa shape index (κ2) is 8.91. The zero-order valence-electron chi connectivity index (χ0n) is 12.1. The summed E-state index contributed by atoms with van der Waals surface area (Å²) in [5, 5.41) is 6.00. The SMILES string of the molecule is CCCCC(CCC)Nc1nc(C(=O)OCC)cs1. The van der Waals surface area contributed by atoms with Gasteiger partial charge in [0.25, 0.3) is 0 Å². The van der Waals surface area contributed by atoms with Crippen LogP contribution in [0.4, 0.5) is 5.13 Å². The lowest BCUT2D eigenvalue weighted by Crippen LogP contribution is -2.19. The van der Waals surface area contributed by atoms with E-state index in [0.29, 0.717) is 18.3 Å². The van der Waals surface area contributed by atoms with Crippen molar-refractivity contribution in [1.29, 1.82) is 0 Å². The minimum atomic E-state index is -0.340. The first-order chi connectivity index (χ1) is 9.21. The van der Waals surface area contributed by atoms with Gasteiger partial charge in [-0.05, 0) is 19.8 Å². The molecule has 1 rings (SSSR count). The number of carbonyl (C=O) groups is 1. The molecule has 0 aliphatic rings. The predicted octanol–water partition coefficient (Wildman–Crippen LogP) is 4.09. The van der Waals surface area contributed by atoms with Gasteiger partial charge in [0.1, 0.15) is 0 Å². The normalized spacial score (nSPS) is 12.2. The minimum absolute atomic E-state index is 0.340. The Hall–Kier alpha value is -1.10. The van der Waals surface area contributed by atoms with Gasteiger partial charge in [0.15, 0.2) is 10.8 Å². The van der Waals surface area contributed by atoms with E-state index in [-0.39, 0.29) is 5.97 Å². The zero-order valence-corrected chi connectivity index (χ0v) is 12.9. The summed E-state index contributed by atoms with van der Waals surface area (Å²) in [6, 6.07) is 0.450. The molecule has 0 radical (unpaired) electrons. The molecule has 1 N–H and O–H groups in total. The summed E-state index contributed by atoms with van der Waals surface area (Å²) in [6.45, 7) is 6.57. The van der Waals surface area contributed by atoms with E-state index in [4.69, 9.17) is 4.74 Å². The van der Waals surface area contributed by atoms with Crippen molar-refractivity contribution in [2.24, 2.45) is 0 Å². The van der Waals surface area contributed by atoms with Gasteiger partial charge in [-0.1, -0.05) is 33.1 Å². The number of anilines is 1. The van der Waals surface area contributed by atoms with Crippen molar-refractivity contribution in [3.8, 4) is 0 Å². The number of nitrogens with zero attached hydrogens (tertiary/aromatic N) is 1. The Labute approximate surface area is 119 Å². The van der Waals surface area contributed by atoms with E-state index in [0.717, 1.165) is 24.4 Å². The molecule has 1 unspecified atom stereocenters. The van der Waals surface area contributed by atoms with Crippen molar-refractivity contribution in [1.82, 2.24) is 4.98 Å². The molecule has 1 atom stereocenters. The lowest BCUT2D eigenvalue weighted by atomic mass is 10.1. The molecular weight excluding hydrogens is 260 g/mol. The van der Waals surface area contributed by atoms with Crippen LogP contribution in [0.1, 0.15) is 63.4 Å². The average molecular weight is 284 g/mol. The van der Waals surface area contributed by atoms with E-state index in [1.807, 2.05) is 0 Å². The number of nitrogens with one attached hydrogen (secondary N) is 1. The Balaban J connectivity index is 2.56. The highest BCUT2D eigenvalue weighted by atomic mass is 32.1. The number of thiazole rings is 1. The van der Waals surface area contributed by atoms with E-state index in [1.54, 1.807) is 12.3 Å². The van der Waals surface area contributed by atoms with Gasteiger partial charge < -0.3 is 10.1 Å². The number of hydrogen-bond donors (Lipinski definition) is 1. The maximum atomic E-state index is 11.5. The van der Waals surface area contributed by atoms with Crippen LogP contribution in [-0.4, -0.2) is 23.6 Å². The number of aromatic nitrogens is 1. The maximum Gasteiger partial charge on any atom is 0.357 e. The van der Waals surface area contributed by atoms with Crippen LogP contribution < -0.4 is 5.32 Å². The van der Waals surface area contributed by atoms with Crippen LogP contribution in [0.25, 0.3) is 0 Å². The molecule has 5 heteroatoms. The second-order valence-electron chi connectivity index (χ2n) is 4.53. The first-order valence-electron chi connectivity index (χ1n) is 7.10. The number of hydrogen-bond acceptors (Lipinski definition) is 5. The maximum absolute atomic E-state index is 11.5. The third kappa shape index (κ3) is 5.59. The molecule has 108 valence electrons. The van der Waals surface area contributed by atoms with Crippen molar-refractivity contribution in [2.45, 2.75) is 58.9 Å².